The number of aliphatic hydroxyl groups excluding tert-OH is 1. The number of carbonyl (C=O) groups is 1. The van der Waals surface area contributed by atoms with Crippen LogP contribution in [0.15, 0.2) is 18.2 Å². The number of hydrogen-bond donors (Lipinski definition) is 3. The Labute approximate surface area is 114 Å². The molecule has 0 bridgehead atoms. The van der Waals surface area contributed by atoms with Gasteiger partial charge in [0.05, 0.1) is 18.1 Å². The smallest absolute Gasteiger partial charge is 0.420 e. The maximum absolute atomic E-state index is 12.6. The fourth-order valence-corrected chi connectivity index (χ4v) is 1.48. The van der Waals surface area contributed by atoms with Crippen molar-refractivity contribution in [3.05, 3.63) is 23.8 Å². The van der Waals surface area contributed by atoms with Crippen molar-refractivity contribution in [3.63, 3.8) is 0 Å². The number of alkyl halides is 3. The van der Waals surface area contributed by atoms with E-state index in [1.807, 2.05) is 0 Å². The fraction of sp³-hybridized carbons (Fsp3) is 0.462. The number of halogens is 3. The minimum atomic E-state index is -4.71. The molecule has 0 unspecified atom stereocenters. The van der Waals surface area contributed by atoms with Gasteiger partial charge < -0.3 is 15.5 Å². The second-order valence-electron chi connectivity index (χ2n) is 4.79. The first-order valence-electron chi connectivity index (χ1n) is 5.99. The van der Waals surface area contributed by atoms with Crippen LogP contribution in [0.1, 0.15) is 25.8 Å². The van der Waals surface area contributed by atoms with Gasteiger partial charge in [-0.2, -0.15) is 13.2 Å². The third-order valence-electron chi connectivity index (χ3n) is 2.75. The van der Waals surface area contributed by atoms with Crippen molar-refractivity contribution in [1.29, 1.82) is 0 Å². The summed E-state index contributed by atoms with van der Waals surface area (Å²) in [6.45, 7) is 3.44. The van der Waals surface area contributed by atoms with Crippen molar-refractivity contribution in [3.8, 4) is 5.75 Å². The van der Waals surface area contributed by atoms with Gasteiger partial charge in [-0.1, -0.05) is 13.8 Å². The highest BCUT2D eigenvalue weighted by molar-refractivity contribution is 5.91. The maximum Gasteiger partial charge on any atom is 0.420 e. The molecular weight excluding hydrogens is 275 g/mol. The molecule has 1 atom stereocenters. The van der Waals surface area contributed by atoms with Gasteiger partial charge in [0.2, 0.25) is 5.91 Å². The number of carbonyl (C=O) groups excluding carboxylic acids is 1. The van der Waals surface area contributed by atoms with Gasteiger partial charge in [0, 0.05) is 5.69 Å². The monoisotopic (exact) mass is 291 g/mol. The Balaban J connectivity index is 2.81. The van der Waals surface area contributed by atoms with Crippen LogP contribution in [0.25, 0.3) is 0 Å². The van der Waals surface area contributed by atoms with Crippen LogP contribution >= 0.6 is 0 Å². The molecule has 0 aliphatic carbocycles. The first-order valence-corrected chi connectivity index (χ1v) is 5.99. The molecule has 4 nitrogen and oxygen atoms in total. The lowest BCUT2D eigenvalue weighted by molar-refractivity contribution is -0.138. The molecule has 1 rings (SSSR count). The van der Waals surface area contributed by atoms with Crippen molar-refractivity contribution in [2.45, 2.75) is 32.5 Å². The molecule has 0 aliphatic rings. The van der Waals surface area contributed by atoms with E-state index in [9.17, 15) is 23.1 Å². The van der Waals surface area contributed by atoms with Gasteiger partial charge >= 0.3 is 6.18 Å². The van der Waals surface area contributed by atoms with Gasteiger partial charge in [-0.3, -0.25) is 4.79 Å². The predicted molar refractivity (Wildman–Crippen MR) is 67.2 cm³/mol. The molecule has 1 aromatic carbocycles. The molecule has 0 saturated heterocycles. The minimum absolute atomic E-state index is 0.0870. The van der Waals surface area contributed by atoms with E-state index in [0.29, 0.717) is 6.07 Å². The van der Waals surface area contributed by atoms with E-state index in [1.54, 1.807) is 13.8 Å². The van der Waals surface area contributed by atoms with Crippen LogP contribution in [0.3, 0.4) is 0 Å². The van der Waals surface area contributed by atoms with Gasteiger partial charge in [-0.05, 0) is 24.1 Å². The van der Waals surface area contributed by atoms with Crippen molar-refractivity contribution in [2.24, 2.45) is 5.92 Å². The molecule has 0 aromatic heterocycles. The van der Waals surface area contributed by atoms with Crippen LogP contribution in [0, 0.1) is 5.92 Å². The Morgan fingerprint density at radius 3 is 2.45 bits per heavy atom. The average molecular weight is 291 g/mol. The number of aromatic hydroxyl groups is 1. The van der Waals surface area contributed by atoms with Crippen LogP contribution in [-0.2, 0) is 11.0 Å². The summed E-state index contributed by atoms with van der Waals surface area (Å²) in [5.74, 6) is -1.63. The van der Waals surface area contributed by atoms with Crippen LogP contribution in [0.2, 0.25) is 0 Å². The van der Waals surface area contributed by atoms with E-state index in [0.717, 1.165) is 12.1 Å². The Morgan fingerprint density at radius 1 is 1.35 bits per heavy atom. The summed E-state index contributed by atoms with van der Waals surface area (Å²) < 4.78 is 37.7. The Morgan fingerprint density at radius 2 is 1.95 bits per heavy atom. The number of nitrogens with one attached hydrogen (secondary N) is 1. The normalized spacial score (nSPS) is 13.3. The number of hydrogen-bond acceptors (Lipinski definition) is 3. The molecule has 1 aromatic rings. The zero-order valence-corrected chi connectivity index (χ0v) is 11.0. The third kappa shape index (κ3) is 4.41. The van der Waals surface area contributed by atoms with E-state index in [1.165, 1.54) is 0 Å². The summed E-state index contributed by atoms with van der Waals surface area (Å²) in [5, 5.41) is 20.9. The highest BCUT2D eigenvalue weighted by Crippen LogP contribution is 2.37. The first-order chi connectivity index (χ1) is 9.11. The van der Waals surface area contributed by atoms with E-state index in [2.05, 4.69) is 5.32 Å². The molecule has 0 spiro atoms. The fourth-order valence-electron chi connectivity index (χ4n) is 1.48. The van der Waals surface area contributed by atoms with Crippen molar-refractivity contribution in [2.75, 3.05) is 5.32 Å². The Bertz CT molecular complexity index is 486. The summed E-state index contributed by atoms with van der Waals surface area (Å²) >= 11 is 0. The van der Waals surface area contributed by atoms with Gasteiger partial charge in [0.15, 0.2) is 0 Å². The lowest BCUT2D eigenvalue weighted by Crippen LogP contribution is -2.23. The lowest BCUT2D eigenvalue weighted by atomic mass is 10.0. The second kappa shape index (κ2) is 6.13. The van der Waals surface area contributed by atoms with E-state index in [-0.39, 0.29) is 18.0 Å². The average Bonchev–Trinajstić information content (AvgIpc) is 2.29. The maximum atomic E-state index is 12.6. The van der Waals surface area contributed by atoms with Crippen molar-refractivity contribution < 1.29 is 28.2 Å². The minimum Gasteiger partial charge on any atom is -0.507 e. The van der Waals surface area contributed by atoms with Gasteiger partial charge in [-0.15, -0.1) is 0 Å². The number of aliphatic hydroxyl groups is 1. The first kappa shape index (κ1) is 16.3. The van der Waals surface area contributed by atoms with E-state index in [4.69, 9.17) is 5.11 Å². The summed E-state index contributed by atoms with van der Waals surface area (Å²) in [5.41, 5.74) is -1.31. The summed E-state index contributed by atoms with van der Waals surface area (Å²) in [6, 6.07) is 2.66. The Kier molecular flexibility index (Phi) is 4.99. The van der Waals surface area contributed by atoms with Gasteiger partial charge in [0.1, 0.15) is 5.75 Å². The summed E-state index contributed by atoms with van der Waals surface area (Å²) in [6.07, 6.45) is -5.78. The number of amides is 1. The number of rotatable bonds is 4. The van der Waals surface area contributed by atoms with Crippen molar-refractivity contribution >= 4 is 11.6 Å². The van der Waals surface area contributed by atoms with Crippen LogP contribution in [0.4, 0.5) is 18.9 Å². The number of benzene rings is 1. The lowest BCUT2D eigenvalue weighted by Gasteiger charge is -2.15. The molecule has 112 valence electrons. The second-order valence-corrected chi connectivity index (χ2v) is 4.79. The molecule has 0 aliphatic heterocycles. The van der Waals surface area contributed by atoms with Gasteiger partial charge in [-0.25, -0.2) is 0 Å². The van der Waals surface area contributed by atoms with Crippen LogP contribution in [0.5, 0.6) is 5.75 Å². The number of phenolic OH excluding ortho intramolecular Hbond substituents is 1. The highest BCUT2D eigenvalue weighted by Gasteiger charge is 2.34. The largest absolute Gasteiger partial charge is 0.507 e. The van der Waals surface area contributed by atoms with Crippen LogP contribution < -0.4 is 5.32 Å². The summed E-state index contributed by atoms with van der Waals surface area (Å²) in [7, 11) is 0. The number of anilines is 1. The Hall–Kier alpha value is -1.76. The predicted octanol–water partition coefficient (Wildman–Crippen LogP) is 2.76. The molecule has 1 amide bonds. The molecular formula is C13H16F3NO3. The zero-order chi connectivity index (χ0) is 15.5. The third-order valence-corrected chi connectivity index (χ3v) is 2.75. The standard InChI is InChI=1S/C13H16F3NO3/c1-7(2)11(19)6-12(20)17-8-3-4-10(18)9(5-8)13(14,15)16/h3-5,7,11,18-19H,6H2,1-2H3,(H,17,20)/t11-/m1/s1. The highest BCUT2D eigenvalue weighted by atomic mass is 19.4. The molecule has 7 heteroatoms. The van der Waals surface area contributed by atoms with Crippen molar-refractivity contribution in [1.82, 2.24) is 0 Å². The molecule has 3 N–H and O–H groups in total. The molecule has 0 radical (unpaired) electrons. The van der Waals surface area contributed by atoms with E-state index >= 15 is 0 Å². The van der Waals surface area contributed by atoms with E-state index < -0.39 is 29.5 Å². The molecule has 0 fully saturated rings. The number of phenols is 1. The molecule has 0 heterocycles. The summed E-state index contributed by atoms with van der Waals surface area (Å²) in [4.78, 5) is 11.6. The van der Waals surface area contributed by atoms with Crippen LogP contribution in [-0.4, -0.2) is 22.2 Å². The SMILES string of the molecule is CC(C)[C@H](O)CC(=O)Nc1ccc(O)c(C(F)(F)F)c1. The molecule has 20 heavy (non-hydrogen) atoms. The van der Waals surface area contributed by atoms with Gasteiger partial charge in [0.25, 0.3) is 0 Å². The zero-order valence-electron chi connectivity index (χ0n) is 11.0. The molecule has 0 saturated carbocycles. The quantitative estimate of drug-likeness (QED) is 0.747. The topological polar surface area (TPSA) is 69.6 Å².